The molecule has 10 heteroatoms. The first kappa shape index (κ1) is 30.4. The monoisotopic (exact) mass is 587 g/mol. The molecule has 2 aliphatic rings. The van der Waals surface area contributed by atoms with Crippen LogP contribution >= 0.6 is 23.2 Å². The summed E-state index contributed by atoms with van der Waals surface area (Å²) >= 11 is 12.6. The highest BCUT2D eigenvalue weighted by Crippen LogP contribution is 2.34. The number of carbonyl (C=O) groups is 1. The van der Waals surface area contributed by atoms with Gasteiger partial charge in [0.05, 0.1) is 35.6 Å². The maximum atomic E-state index is 10.0. The summed E-state index contributed by atoms with van der Waals surface area (Å²) in [6.45, 7) is 10.4. The number of carboxylic acids is 1. The average Bonchev–Trinajstić information content (AvgIpc) is 3.52. The maximum Gasteiger partial charge on any atom is 0.308 e. The molecule has 3 atom stereocenters. The van der Waals surface area contributed by atoms with Gasteiger partial charge in [0.1, 0.15) is 5.52 Å². The molecule has 1 fully saturated rings. The quantitative estimate of drug-likeness (QED) is 0.348. The number of likely N-dealkylation sites (tertiary alicyclic amines) is 1. The zero-order valence-electron chi connectivity index (χ0n) is 23.9. The summed E-state index contributed by atoms with van der Waals surface area (Å²) in [7, 11) is 0. The second kappa shape index (κ2) is 12.6. The van der Waals surface area contributed by atoms with Crippen LogP contribution in [-0.2, 0) is 4.79 Å². The number of aryl methyl sites for hydroxylation is 1. The van der Waals surface area contributed by atoms with Crippen molar-refractivity contribution in [3.63, 3.8) is 0 Å². The number of hydrogen-bond donors (Lipinski definition) is 2. The Morgan fingerprint density at radius 1 is 1.23 bits per heavy atom. The zero-order valence-corrected chi connectivity index (χ0v) is 25.4. The van der Waals surface area contributed by atoms with Gasteiger partial charge in [-0.05, 0) is 96.5 Å². The Morgan fingerprint density at radius 3 is 2.55 bits per heavy atom. The van der Waals surface area contributed by atoms with Crippen molar-refractivity contribution < 1.29 is 15.0 Å². The van der Waals surface area contributed by atoms with Gasteiger partial charge in [-0.1, -0.05) is 35.3 Å². The lowest BCUT2D eigenvalue weighted by molar-refractivity contribution is -0.145. The standard InChI is InChI=1S/C25H29Cl2N5O.C5H10O2/c1-15-24-25(32(30-15)16(2)21-10-7-18(26)12-22(21)27)29-23(13-28-24)17-5-8-19(9-6-17)31-11-3-4-20(31)14-33;1-5(2,3)4(6)7/h5,7,10,12-13,16,19-20,33H,3-4,6,8-9,11,14H2,1-2H3;1-3H3,(H,6,7)/t16-,19?,20+;/m1./s1. The Labute approximate surface area is 246 Å². The van der Waals surface area contributed by atoms with E-state index in [9.17, 15) is 9.90 Å². The highest BCUT2D eigenvalue weighted by molar-refractivity contribution is 6.35. The van der Waals surface area contributed by atoms with Crippen LogP contribution < -0.4 is 0 Å². The summed E-state index contributed by atoms with van der Waals surface area (Å²) in [6, 6.07) is 6.27. The number of halogens is 2. The molecule has 2 aromatic heterocycles. The number of allylic oxidation sites excluding steroid dienone is 1. The van der Waals surface area contributed by atoms with E-state index in [0.717, 1.165) is 60.3 Å². The molecule has 1 saturated heterocycles. The van der Waals surface area contributed by atoms with Crippen LogP contribution in [0.2, 0.25) is 10.0 Å². The molecule has 0 saturated carbocycles. The number of hydrogen-bond acceptors (Lipinski definition) is 6. The van der Waals surface area contributed by atoms with Gasteiger partial charge in [-0.15, -0.1) is 0 Å². The molecule has 1 unspecified atom stereocenters. The summed E-state index contributed by atoms with van der Waals surface area (Å²) in [5, 5.41) is 23.9. The van der Waals surface area contributed by atoms with E-state index in [0.29, 0.717) is 22.1 Å². The molecule has 1 aliphatic carbocycles. The molecule has 1 aliphatic heterocycles. The van der Waals surface area contributed by atoms with E-state index < -0.39 is 11.4 Å². The molecule has 40 heavy (non-hydrogen) atoms. The van der Waals surface area contributed by atoms with Gasteiger partial charge in [-0.2, -0.15) is 5.10 Å². The first-order valence-electron chi connectivity index (χ1n) is 13.9. The minimum atomic E-state index is -0.757. The van der Waals surface area contributed by atoms with Crippen molar-refractivity contribution in [1.82, 2.24) is 24.6 Å². The third-order valence-corrected chi connectivity index (χ3v) is 8.37. The van der Waals surface area contributed by atoms with Crippen molar-refractivity contribution >= 4 is 45.9 Å². The largest absolute Gasteiger partial charge is 0.481 e. The molecule has 3 aromatic rings. The van der Waals surface area contributed by atoms with Crippen LogP contribution in [0.15, 0.2) is 30.5 Å². The summed E-state index contributed by atoms with van der Waals surface area (Å²) < 4.78 is 1.92. The predicted octanol–water partition coefficient (Wildman–Crippen LogP) is 6.56. The van der Waals surface area contributed by atoms with Gasteiger partial charge in [0.15, 0.2) is 5.65 Å². The van der Waals surface area contributed by atoms with Crippen LogP contribution in [0, 0.1) is 12.3 Å². The number of aliphatic hydroxyl groups excluding tert-OH is 1. The number of aliphatic carboxylic acids is 1. The van der Waals surface area contributed by atoms with E-state index in [2.05, 4.69) is 17.9 Å². The van der Waals surface area contributed by atoms with Gasteiger partial charge in [0, 0.05) is 22.1 Å². The van der Waals surface area contributed by atoms with Crippen molar-refractivity contribution in [2.75, 3.05) is 13.2 Å². The highest BCUT2D eigenvalue weighted by atomic mass is 35.5. The molecule has 5 rings (SSSR count). The molecule has 0 radical (unpaired) electrons. The molecule has 0 spiro atoms. The molecule has 1 aromatic carbocycles. The minimum absolute atomic E-state index is 0.106. The lowest BCUT2D eigenvalue weighted by Crippen LogP contribution is -2.41. The van der Waals surface area contributed by atoms with Crippen molar-refractivity contribution in [2.45, 2.75) is 84.8 Å². The number of benzene rings is 1. The van der Waals surface area contributed by atoms with Gasteiger partial charge in [-0.3, -0.25) is 9.69 Å². The molecule has 0 bridgehead atoms. The van der Waals surface area contributed by atoms with Crippen molar-refractivity contribution in [3.05, 3.63) is 57.5 Å². The predicted molar refractivity (Wildman–Crippen MR) is 160 cm³/mol. The third kappa shape index (κ3) is 6.68. The Balaban J connectivity index is 0.000000470. The highest BCUT2D eigenvalue weighted by Gasteiger charge is 2.31. The van der Waals surface area contributed by atoms with Crippen molar-refractivity contribution in [2.24, 2.45) is 5.41 Å². The number of fused-ring (bicyclic) bond motifs is 1. The van der Waals surface area contributed by atoms with Crippen LogP contribution in [0.1, 0.15) is 82.8 Å². The first-order chi connectivity index (χ1) is 18.9. The van der Waals surface area contributed by atoms with Crippen LogP contribution in [0.5, 0.6) is 0 Å². The van der Waals surface area contributed by atoms with Gasteiger partial charge in [-0.25, -0.2) is 14.6 Å². The minimum Gasteiger partial charge on any atom is -0.481 e. The Morgan fingerprint density at radius 2 is 1.95 bits per heavy atom. The van der Waals surface area contributed by atoms with E-state index in [-0.39, 0.29) is 12.6 Å². The van der Waals surface area contributed by atoms with Gasteiger partial charge in [0.2, 0.25) is 0 Å². The first-order valence-corrected chi connectivity index (χ1v) is 14.6. The fourth-order valence-electron chi connectivity index (χ4n) is 5.34. The van der Waals surface area contributed by atoms with Crippen LogP contribution in [0.25, 0.3) is 16.7 Å². The van der Waals surface area contributed by atoms with Crippen molar-refractivity contribution in [1.29, 1.82) is 0 Å². The molecular weight excluding hydrogens is 549 g/mol. The number of nitrogens with zero attached hydrogens (tertiary/aromatic N) is 5. The van der Waals surface area contributed by atoms with E-state index >= 15 is 0 Å². The molecular formula is C30H39Cl2N5O3. The summed E-state index contributed by atoms with van der Waals surface area (Å²) in [5.41, 5.74) is 4.95. The van der Waals surface area contributed by atoms with E-state index in [4.69, 9.17) is 43.4 Å². The lowest BCUT2D eigenvalue weighted by Gasteiger charge is -2.34. The van der Waals surface area contributed by atoms with Crippen LogP contribution in [0.4, 0.5) is 0 Å². The fourth-order valence-corrected chi connectivity index (χ4v) is 5.90. The number of carboxylic acid groups (broad SMARTS) is 1. The Bertz CT molecular complexity index is 1400. The summed E-state index contributed by atoms with van der Waals surface area (Å²) in [4.78, 5) is 22.3. The topological polar surface area (TPSA) is 104 Å². The van der Waals surface area contributed by atoms with Crippen LogP contribution in [-0.4, -0.2) is 66.1 Å². The van der Waals surface area contributed by atoms with E-state index in [1.807, 2.05) is 29.9 Å². The normalized spacial score (nSPS) is 20.6. The maximum absolute atomic E-state index is 10.0. The van der Waals surface area contributed by atoms with Gasteiger partial charge < -0.3 is 10.2 Å². The van der Waals surface area contributed by atoms with E-state index in [1.54, 1.807) is 26.8 Å². The Kier molecular flexibility index (Phi) is 9.55. The second-order valence-electron chi connectivity index (χ2n) is 11.7. The molecule has 216 valence electrons. The average molecular weight is 589 g/mol. The zero-order chi connectivity index (χ0) is 29.2. The van der Waals surface area contributed by atoms with Crippen LogP contribution in [0.3, 0.4) is 0 Å². The molecule has 3 heterocycles. The Hall–Kier alpha value is -2.52. The van der Waals surface area contributed by atoms with Crippen molar-refractivity contribution in [3.8, 4) is 0 Å². The van der Waals surface area contributed by atoms with E-state index in [1.165, 1.54) is 12.0 Å². The summed E-state index contributed by atoms with van der Waals surface area (Å²) in [6.07, 6.45) is 9.50. The molecule has 2 N–H and O–H groups in total. The second-order valence-corrected chi connectivity index (χ2v) is 12.6. The lowest BCUT2D eigenvalue weighted by atomic mass is 9.92. The molecule has 0 amide bonds. The number of aliphatic hydroxyl groups is 1. The third-order valence-electron chi connectivity index (χ3n) is 7.81. The number of rotatable bonds is 5. The summed E-state index contributed by atoms with van der Waals surface area (Å²) in [5.74, 6) is -0.757. The van der Waals surface area contributed by atoms with Gasteiger partial charge in [0.25, 0.3) is 0 Å². The van der Waals surface area contributed by atoms with Gasteiger partial charge >= 0.3 is 5.97 Å². The fraction of sp³-hybridized carbons (Fsp3) is 0.533. The SMILES string of the molecule is CC(C)(C)C(=O)O.Cc1nn([C@H](C)c2ccc(Cl)cc2Cl)c2nc(C3=CCC(N4CCC[C@H]4CO)CC3)cnc12. The molecule has 8 nitrogen and oxygen atoms in total. The number of aromatic nitrogens is 4. The smallest absolute Gasteiger partial charge is 0.308 e.